The fourth-order valence-corrected chi connectivity index (χ4v) is 2.04. The van der Waals surface area contributed by atoms with Crippen LogP contribution in [0.4, 0.5) is 0 Å². The number of amides is 1. The number of aliphatic hydroxyl groups excluding tert-OH is 1. The molecule has 1 rings (SSSR count). The zero-order valence-corrected chi connectivity index (χ0v) is 10.3. The highest BCUT2D eigenvalue weighted by Gasteiger charge is 2.21. The zero-order chi connectivity index (χ0) is 12.0. The van der Waals surface area contributed by atoms with E-state index in [4.69, 9.17) is 4.42 Å². The van der Waals surface area contributed by atoms with Crippen molar-refractivity contribution in [3.63, 3.8) is 0 Å². The summed E-state index contributed by atoms with van der Waals surface area (Å²) in [6.07, 6.45) is 4.19. The Labute approximate surface area is 99.4 Å². The number of hydrogen-bond donors (Lipinski definition) is 2. The van der Waals surface area contributed by atoms with Crippen LogP contribution in [0.25, 0.3) is 0 Å². The molecule has 0 saturated heterocycles. The third kappa shape index (κ3) is 3.28. The van der Waals surface area contributed by atoms with E-state index in [1.165, 1.54) is 18.0 Å². The summed E-state index contributed by atoms with van der Waals surface area (Å²) in [7, 11) is 0. The molecule has 0 spiro atoms. The number of carbonyl (C=O) groups is 1. The van der Waals surface area contributed by atoms with Gasteiger partial charge in [0.25, 0.3) is 0 Å². The first-order valence-corrected chi connectivity index (χ1v) is 6.49. The van der Waals surface area contributed by atoms with E-state index in [0.717, 1.165) is 6.42 Å². The van der Waals surface area contributed by atoms with Crippen LogP contribution in [0.5, 0.6) is 0 Å². The van der Waals surface area contributed by atoms with Crippen LogP contribution in [0.2, 0.25) is 0 Å². The summed E-state index contributed by atoms with van der Waals surface area (Å²) in [5, 5.41) is 11.9. The molecule has 0 fully saturated rings. The number of aliphatic hydroxyl groups is 1. The van der Waals surface area contributed by atoms with Gasteiger partial charge >= 0.3 is 0 Å². The Balaban J connectivity index is 2.60. The predicted octanol–water partition coefficient (Wildman–Crippen LogP) is 1.57. The van der Waals surface area contributed by atoms with Crippen molar-refractivity contribution in [1.29, 1.82) is 0 Å². The molecule has 1 amide bonds. The third-order valence-corrected chi connectivity index (χ3v) is 3.45. The van der Waals surface area contributed by atoms with Crippen molar-refractivity contribution < 1.29 is 14.3 Å². The number of furan rings is 1. The molecule has 0 bridgehead atoms. The van der Waals surface area contributed by atoms with Crippen LogP contribution in [0.15, 0.2) is 22.8 Å². The lowest BCUT2D eigenvalue weighted by molar-refractivity contribution is -0.121. The average Bonchev–Trinajstić information content (AvgIpc) is 2.81. The first-order chi connectivity index (χ1) is 7.72. The molecule has 2 unspecified atom stereocenters. The Hall–Kier alpha value is -0.940. The van der Waals surface area contributed by atoms with E-state index in [2.05, 4.69) is 5.32 Å². The number of carbonyl (C=O) groups excluding carboxylic acids is 1. The number of thioether (sulfide) groups is 1. The Morgan fingerprint density at radius 2 is 2.44 bits per heavy atom. The van der Waals surface area contributed by atoms with Crippen LogP contribution in [-0.2, 0) is 4.79 Å². The second kappa shape index (κ2) is 6.60. The normalized spacial score (nSPS) is 14.4. The molecule has 90 valence electrons. The quantitative estimate of drug-likeness (QED) is 0.796. The van der Waals surface area contributed by atoms with Gasteiger partial charge in [0.2, 0.25) is 5.91 Å². The fourth-order valence-electron chi connectivity index (χ4n) is 1.42. The summed E-state index contributed by atoms with van der Waals surface area (Å²) in [6, 6.07) is 3.01. The van der Waals surface area contributed by atoms with Crippen LogP contribution < -0.4 is 5.32 Å². The summed E-state index contributed by atoms with van der Waals surface area (Å²) in [4.78, 5) is 11.8. The van der Waals surface area contributed by atoms with Crippen molar-refractivity contribution in [2.75, 3.05) is 12.9 Å². The van der Waals surface area contributed by atoms with E-state index in [1.807, 2.05) is 13.2 Å². The SMILES string of the molecule is CCC(SC)C(=O)NC(CO)c1ccco1. The first-order valence-electron chi connectivity index (χ1n) is 5.20. The maximum absolute atomic E-state index is 11.8. The van der Waals surface area contributed by atoms with Crippen LogP contribution >= 0.6 is 11.8 Å². The highest BCUT2D eigenvalue weighted by molar-refractivity contribution is 7.99. The summed E-state index contributed by atoms with van der Waals surface area (Å²) in [6.45, 7) is 1.80. The zero-order valence-electron chi connectivity index (χ0n) is 9.47. The van der Waals surface area contributed by atoms with Crippen molar-refractivity contribution in [1.82, 2.24) is 5.32 Å². The van der Waals surface area contributed by atoms with Crippen molar-refractivity contribution in [3.05, 3.63) is 24.2 Å². The van der Waals surface area contributed by atoms with Gasteiger partial charge in [-0.2, -0.15) is 11.8 Å². The van der Waals surface area contributed by atoms with Crippen LogP contribution in [0.1, 0.15) is 25.1 Å². The molecular formula is C11H17NO3S. The standard InChI is InChI=1S/C11H17NO3S/c1-3-10(16-2)11(14)12-8(7-13)9-5-4-6-15-9/h4-6,8,10,13H,3,7H2,1-2H3,(H,12,14). The van der Waals surface area contributed by atoms with E-state index in [1.54, 1.807) is 12.1 Å². The van der Waals surface area contributed by atoms with Gasteiger partial charge in [0.15, 0.2) is 0 Å². The minimum Gasteiger partial charge on any atom is -0.467 e. The van der Waals surface area contributed by atoms with Gasteiger partial charge < -0.3 is 14.8 Å². The highest BCUT2D eigenvalue weighted by Crippen LogP contribution is 2.16. The van der Waals surface area contributed by atoms with Gasteiger partial charge in [0.1, 0.15) is 11.8 Å². The third-order valence-electron chi connectivity index (χ3n) is 2.33. The minimum atomic E-state index is -0.455. The summed E-state index contributed by atoms with van der Waals surface area (Å²) < 4.78 is 5.15. The lowest BCUT2D eigenvalue weighted by atomic mass is 10.2. The van der Waals surface area contributed by atoms with E-state index in [9.17, 15) is 9.90 Å². The Kier molecular flexibility index (Phi) is 5.42. The maximum Gasteiger partial charge on any atom is 0.233 e. The number of rotatable bonds is 6. The van der Waals surface area contributed by atoms with Crippen molar-refractivity contribution in [2.45, 2.75) is 24.6 Å². The van der Waals surface area contributed by atoms with Crippen molar-refractivity contribution in [2.24, 2.45) is 0 Å². The van der Waals surface area contributed by atoms with Crippen LogP contribution in [0.3, 0.4) is 0 Å². The van der Waals surface area contributed by atoms with Gasteiger partial charge in [-0.05, 0) is 24.8 Å². The molecule has 16 heavy (non-hydrogen) atoms. The largest absolute Gasteiger partial charge is 0.467 e. The Morgan fingerprint density at radius 3 is 2.88 bits per heavy atom. The number of nitrogens with one attached hydrogen (secondary N) is 1. The second-order valence-corrected chi connectivity index (χ2v) is 4.43. The van der Waals surface area contributed by atoms with Crippen LogP contribution in [-0.4, -0.2) is 29.1 Å². The summed E-state index contributed by atoms with van der Waals surface area (Å²) >= 11 is 1.50. The molecule has 1 aromatic rings. The van der Waals surface area contributed by atoms with Gasteiger partial charge in [0, 0.05) is 0 Å². The molecule has 0 aliphatic carbocycles. The maximum atomic E-state index is 11.8. The fraction of sp³-hybridized carbons (Fsp3) is 0.545. The van der Waals surface area contributed by atoms with Gasteiger partial charge in [-0.15, -0.1) is 0 Å². The monoisotopic (exact) mass is 243 g/mol. The van der Waals surface area contributed by atoms with E-state index >= 15 is 0 Å². The van der Waals surface area contributed by atoms with Gasteiger partial charge in [-0.3, -0.25) is 4.79 Å². The molecule has 0 aliphatic rings. The van der Waals surface area contributed by atoms with Crippen LogP contribution in [0, 0.1) is 0 Å². The lowest BCUT2D eigenvalue weighted by Crippen LogP contribution is -2.36. The molecule has 1 aromatic heterocycles. The molecule has 1 heterocycles. The molecule has 5 heteroatoms. The van der Waals surface area contributed by atoms with Gasteiger partial charge in [-0.1, -0.05) is 6.92 Å². The van der Waals surface area contributed by atoms with E-state index in [-0.39, 0.29) is 17.8 Å². The molecule has 0 saturated carbocycles. The molecule has 2 atom stereocenters. The predicted molar refractivity (Wildman–Crippen MR) is 64.3 cm³/mol. The Morgan fingerprint density at radius 1 is 1.69 bits per heavy atom. The van der Waals surface area contributed by atoms with Gasteiger partial charge in [0.05, 0.1) is 18.1 Å². The molecule has 2 N–H and O–H groups in total. The lowest BCUT2D eigenvalue weighted by Gasteiger charge is -2.17. The van der Waals surface area contributed by atoms with Gasteiger partial charge in [-0.25, -0.2) is 0 Å². The average molecular weight is 243 g/mol. The minimum absolute atomic E-state index is 0.0644. The molecule has 0 aromatic carbocycles. The topological polar surface area (TPSA) is 62.5 Å². The van der Waals surface area contributed by atoms with Crippen molar-refractivity contribution in [3.8, 4) is 0 Å². The first kappa shape index (κ1) is 13.1. The molecular weight excluding hydrogens is 226 g/mol. The molecule has 0 aliphatic heterocycles. The number of hydrogen-bond acceptors (Lipinski definition) is 4. The Bertz CT molecular complexity index is 309. The molecule has 0 radical (unpaired) electrons. The second-order valence-electron chi connectivity index (χ2n) is 3.39. The van der Waals surface area contributed by atoms with E-state index in [0.29, 0.717) is 5.76 Å². The smallest absolute Gasteiger partial charge is 0.233 e. The summed E-state index contributed by atoms with van der Waals surface area (Å²) in [5.74, 6) is 0.511. The van der Waals surface area contributed by atoms with Crippen molar-refractivity contribution >= 4 is 17.7 Å². The highest BCUT2D eigenvalue weighted by atomic mass is 32.2. The van der Waals surface area contributed by atoms with E-state index < -0.39 is 6.04 Å². The molecule has 4 nitrogen and oxygen atoms in total. The summed E-state index contributed by atoms with van der Waals surface area (Å²) in [5.41, 5.74) is 0.